The molecule has 0 heterocycles. The Kier molecular flexibility index (Phi) is 5.34. The van der Waals surface area contributed by atoms with Crippen LogP contribution in [-0.4, -0.2) is 0 Å². The van der Waals surface area contributed by atoms with E-state index in [4.69, 9.17) is 0 Å². The predicted molar refractivity (Wildman–Crippen MR) is 102 cm³/mol. The third-order valence-electron chi connectivity index (χ3n) is 4.47. The number of hydrogen-bond acceptors (Lipinski definition) is 0. The third kappa shape index (κ3) is 4.96. The van der Waals surface area contributed by atoms with Crippen molar-refractivity contribution in [2.75, 3.05) is 0 Å². The van der Waals surface area contributed by atoms with Gasteiger partial charge in [0, 0.05) is 0 Å². The van der Waals surface area contributed by atoms with E-state index in [0.717, 1.165) is 12.8 Å². The standard InChI is InChI=1S/C23H32/c1-22(2,3)20-16-15-19(17-21(20)23(4,5)6)14-10-13-18-11-8-7-9-12-18/h7-9,11-12,15-17H,10,13-14H2,1-6H3. The third-order valence-corrected chi connectivity index (χ3v) is 4.47. The van der Waals surface area contributed by atoms with Gasteiger partial charge in [0.2, 0.25) is 0 Å². The summed E-state index contributed by atoms with van der Waals surface area (Å²) in [7, 11) is 0. The molecule has 0 nitrogen and oxygen atoms in total. The molecule has 0 aliphatic heterocycles. The molecule has 0 saturated carbocycles. The topological polar surface area (TPSA) is 0 Å². The molecule has 2 aromatic carbocycles. The summed E-state index contributed by atoms with van der Waals surface area (Å²) in [5.41, 5.74) is 6.29. The molecule has 0 spiro atoms. The molecule has 0 aromatic heterocycles. The van der Waals surface area contributed by atoms with Crippen LogP contribution in [0.15, 0.2) is 48.5 Å². The molecule has 124 valence electrons. The summed E-state index contributed by atoms with van der Waals surface area (Å²) >= 11 is 0. The lowest BCUT2D eigenvalue weighted by Gasteiger charge is -2.30. The van der Waals surface area contributed by atoms with Crippen LogP contribution in [-0.2, 0) is 23.7 Å². The maximum Gasteiger partial charge on any atom is -0.0129 e. The molecule has 0 N–H and O–H groups in total. The first kappa shape index (κ1) is 17.8. The molecule has 0 aliphatic carbocycles. The predicted octanol–water partition coefficient (Wildman–Crippen LogP) is 6.46. The van der Waals surface area contributed by atoms with E-state index < -0.39 is 0 Å². The summed E-state index contributed by atoms with van der Waals surface area (Å²) in [5.74, 6) is 0. The molecule has 2 aromatic rings. The number of aryl methyl sites for hydroxylation is 2. The maximum atomic E-state index is 2.45. The second kappa shape index (κ2) is 6.91. The minimum atomic E-state index is 0.193. The van der Waals surface area contributed by atoms with Gasteiger partial charge in [-0.05, 0) is 52.3 Å². The Morgan fingerprint density at radius 2 is 1.17 bits per heavy atom. The lowest BCUT2D eigenvalue weighted by molar-refractivity contribution is 0.529. The van der Waals surface area contributed by atoms with Crippen molar-refractivity contribution in [3.63, 3.8) is 0 Å². The van der Waals surface area contributed by atoms with E-state index in [-0.39, 0.29) is 10.8 Å². The van der Waals surface area contributed by atoms with Crippen LogP contribution in [0.5, 0.6) is 0 Å². The lowest BCUT2D eigenvalue weighted by atomic mass is 9.74. The molecule has 0 amide bonds. The van der Waals surface area contributed by atoms with E-state index >= 15 is 0 Å². The van der Waals surface area contributed by atoms with Crippen LogP contribution in [0.1, 0.15) is 70.2 Å². The molecule has 2 rings (SSSR count). The van der Waals surface area contributed by atoms with Crippen molar-refractivity contribution in [3.05, 3.63) is 70.8 Å². The van der Waals surface area contributed by atoms with Crippen LogP contribution < -0.4 is 0 Å². The Balaban J connectivity index is 2.14. The molecule has 0 heteroatoms. The monoisotopic (exact) mass is 308 g/mol. The first-order chi connectivity index (χ1) is 10.7. The van der Waals surface area contributed by atoms with Crippen molar-refractivity contribution in [2.24, 2.45) is 0 Å². The minimum absolute atomic E-state index is 0.193. The summed E-state index contributed by atoms with van der Waals surface area (Å²) < 4.78 is 0. The lowest BCUT2D eigenvalue weighted by Crippen LogP contribution is -2.22. The summed E-state index contributed by atoms with van der Waals surface area (Å²) in [6, 6.07) is 17.9. The quantitative estimate of drug-likeness (QED) is 0.608. The van der Waals surface area contributed by atoms with E-state index in [9.17, 15) is 0 Å². The maximum absolute atomic E-state index is 2.45. The van der Waals surface area contributed by atoms with Gasteiger partial charge in [0.1, 0.15) is 0 Å². The highest BCUT2D eigenvalue weighted by Gasteiger charge is 2.25. The van der Waals surface area contributed by atoms with Crippen LogP contribution in [0.4, 0.5) is 0 Å². The molecule has 0 unspecified atom stereocenters. The molecule has 0 saturated heterocycles. The van der Waals surface area contributed by atoms with Crippen LogP contribution in [0, 0.1) is 0 Å². The van der Waals surface area contributed by atoms with Crippen molar-refractivity contribution in [3.8, 4) is 0 Å². The highest BCUT2D eigenvalue weighted by Crippen LogP contribution is 2.34. The Morgan fingerprint density at radius 3 is 1.74 bits per heavy atom. The van der Waals surface area contributed by atoms with Gasteiger partial charge in [0.15, 0.2) is 0 Å². The van der Waals surface area contributed by atoms with Crippen molar-refractivity contribution in [2.45, 2.75) is 71.6 Å². The molecule has 0 aliphatic rings. The highest BCUT2D eigenvalue weighted by molar-refractivity contribution is 5.40. The zero-order valence-corrected chi connectivity index (χ0v) is 15.7. The zero-order chi connectivity index (χ0) is 17.1. The summed E-state index contributed by atoms with van der Waals surface area (Å²) in [5, 5.41) is 0. The Morgan fingerprint density at radius 1 is 0.609 bits per heavy atom. The fourth-order valence-electron chi connectivity index (χ4n) is 3.16. The van der Waals surface area contributed by atoms with Gasteiger partial charge in [-0.2, -0.15) is 0 Å². The van der Waals surface area contributed by atoms with Crippen molar-refractivity contribution >= 4 is 0 Å². The second-order valence-electron chi connectivity index (χ2n) is 8.72. The van der Waals surface area contributed by atoms with Gasteiger partial charge in [0.25, 0.3) is 0 Å². The van der Waals surface area contributed by atoms with Gasteiger partial charge >= 0.3 is 0 Å². The first-order valence-electron chi connectivity index (χ1n) is 8.86. The van der Waals surface area contributed by atoms with Crippen molar-refractivity contribution in [1.29, 1.82) is 0 Å². The van der Waals surface area contributed by atoms with E-state index in [2.05, 4.69) is 90.1 Å². The smallest absolute Gasteiger partial charge is 0.0129 e. The normalized spacial score (nSPS) is 12.4. The highest BCUT2D eigenvalue weighted by atomic mass is 14.3. The van der Waals surface area contributed by atoms with Gasteiger partial charge < -0.3 is 0 Å². The summed E-state index contributed by atoms with van der Waals surface area (Å²) in [6.45, 7) is 13.9. The van der Waals surface area contributed by atoms with E-state index in [1.54, 1.807) is 0 Å². The fraction of sp³-hybridized carbons (Fsp3) is 0.478. The number of benzene rings is 2. The SMILES string of the molecule is CC(C)(C)c1ccc(CCCc2ccccc2)cc1C(C)(C)C. The minimum Gasteiger partial charge on any atom is -0.0622 e. The van der Waals surface area contributed by atoms with E-state index in [0.29, 0.717) is 0 Å². The Bertz CT molecular complexity index is 621. The van der Waals surface area contributed by atoms with Crippen LogP contribution in [0.2, 0.25) is 0 Å². The average molecular weight is 309 g/mol. The van der Waals surface area contributed by atoms with Gasteiger partial charge in [0.05, 0.1) is 0 Å². The first-order valence-corrected chi connectivity index (χ1v) is 8.86. The van der Waals surface area contributed by atoms with Crippen LogP contribution in [0.25, 0.3) is 0 Å². The Labute approximate surface area is 143 Å². The second-order valence-corrected chi connectivity index (χ2v) is 8.72. The van der Waals surface area contributed by atoms with Crippen molar-refractivity contribution < 1.29 is 0 Å². The van der Waals surface area contributed by atoms with Gasteiger partial charge in [-0.1, -0.05) is 90.1 Å². The van der Waals surface area contributed by atoms with Crippen molar-refractivity contribution in [1.82, 2.24) is 0 Å². The van der Waals surface area contributed by atoms with E-state index in [1.165, 1.54) is 28.7 Å². The molecule has 23 heavy (non-hydrogen) atoms. The Hall–Kier alpha value is -1.56. The van der Waals surface area contributed by atoms with Gasteiger partial charge in [-0.15, -0.1) is 0 Å². The molecule has 0 radical (unpaired) electrons. The summed E-state index contributed by atoms with van der Waals surface area (Å²) in [4.78, 5) is 0. The fourth-order valence-corrected chi connectivity index (χ4v) is 3.16. The molecular weight excluding hydrogens is 276 g/mol. The molecule has 0 fully saturated rings. The average Bonchev–Trinajstić information content (AvgIpc) is 2.46. The number of hydrogen-bond donors (Lipinski definition) is 0. The van der Waals surface area contributed by atoms with Gasteiger partial charge in [-0.3, -0.25) is 0 Å². The van der Waals surface area contributed by atoms with E-state index in [1.807, 2.05) is 0 Å². The largest absolute Gasteiger partial charge is 0.0622 e. The number of rotatable bonds is 4. The van der Waals surface area contributed by atoms with Crippen LogP contribution in [0.3, 0.4) is 0 Å². The van der Waals surface area contributed by atoms with Gasteiger partial charge in [-0.25, -0.2) is 0 Å². The zero-order valence-electron chi connectivity index (χ0n) is 15.7. The molecular formula is C23H32. The van der Waals surface area contributed by atoms with Crippen LogP contribution >= 0.6 is 0 Å². The molecule has 0 bridgehead atoms. The summed E-state index contributed by atoms with van der Waals surface area (Å²) in [6.07, 6.45) is 3.53. The molecule has 0 atom stereocenters.